The van der Waals surface area contributed by atoms with Crippen LogP contribution in [0.5, 0.6) is 0 Å². The highest BCUT2D eigenvalue weighted by Gasteiger charge is 2.32. The van der Waals surface area contributed by atoms with E-state index in [1.165, 1.54) is 19.3 Å². The smallest absolute Gasteiger partial charge is 0.297 e. The van der Waals surface area contributed by atoms with E-state index in [4.69, 9.17) is 17.0 Å². The molecule has 1 aromatic rings. The molecule has 5 heteroatoms. The maximum atomic E-state index is 12.5. The summed E-state index contributed by atoms with van der Waals surface area (Å²) in [5.74, 6) is 0.179. The van der Waals surface area contributed by atoms with Crippen LogP contribution in [0.4, 0.5) is 5.69 Å². The fourth-order valence-electron chi connectivity index (χ4n) is 2.59. The summed E-state index contributed by atoms with van der Waals surface area (Å²) in [7, 11) is 3.99. The van der Waals surface area contributed by atoms with Gasteiger partial charge in [-0.25, -0.2) is 0 Å². The molecule has 1 fully saturated rings. The van der Waals surface area contributed by atoms with Crippen molar-refractivity contribution >= 4 is 35.1 Å². The molecule has 0 aromatic heterocycles. The average molecular weight is 346 g/mol. The van der Waals surface area contributed by atoms with Crippen LogP contribution in [0.3, 0.4) is 0 Å². The number of amides is 1. The van der Waals surface area contributed by atoms with Crippen molar-refractivity contribution < 1.29 is 9.53 Å². The predicted octanol–water partition coefficient (Wildman–Crippen LogP) is 4.21. The number of hydrogen-bond donors (Lipinski definition) is 0. The van der Waals surface area contributed by atoms with Gasteiger partial charge < -0.3 is 9.64 Å². The summed E-state index contributed by atoms with van der Waals surface area (Å²) in [6.45, 7) is 2.83. The Balaban J connectivity index is 1.97. The van der Waals surface area contributed by atoms with E-state index in [9.17, 15) is 4.79 Å². The SMILES string of the molecule is CCCCCCCN1C(=O)C(=Cc2ccc(N(C)C)cc2)OC1=S. The summed E-state index contributed by atoms with van der Waals surface area (Å²) >= 11 is 5.20. The van der Waals surface area contributed by atoms with Gasteiger partial charge in [0.15, 0.2) is 5.76 Å². The number of thiocarbonyl (C=S) groups is 1. The van der Waals surface area contributed by atoms with Crippen LogP contribution in [0.2, 0.25) is 0 Å². The Bertz CT molecular complexity index is 608. The molecule has 0 atom stereocenters. The van der Waals surface area contributed by atoms with Crippen LogP contribution >= 0.6 is 12.2 Å². The third kappa shape index (κ3) is 4.81. The first-order valence-corrected chi connectivity index (χ1v) is 8.96. The second kappa shape index (κ2) is 8.83. The van der Waals surface area contributed by atoms with Crippen molar-refractivity contribution in [1.82, 2.24) is 4.90 Å². The summed E-state index contributed by atoms with van der Waals surface area (Å²) in [5.41, 5.74) is 2.04. The molecule has 1 amide bonds. The van der Waals surface area contributed by atoms with Crippen LogP contribution in [-0.4, -0.2) is 36.6 Å². The molecule has 0 bridgehead atoms. The van der Waals surface area contributed by atoms with Gasteiger partial charge in [0.1, 0.15) is 0 Å². The highest BCUT2D eigenvalue weighted by atomic mass is 32.1. The largest absolute Gasteiger partial charge is 0.426 e. The van der Waals surface area contributed by atoms with E-state index in [0.717, 1.165) is 24.1 Å². The van der Waals surface area contributed by atoms with Crippen LogP contribution < -0.4 is 4.90 Å². The molecular formula is C19H26N2O2S. The average Bonchev–Trinajstić information content (AvgIpc) is 2.82. The van der Waals surface area contributed by atoms with Crippen molar-refractivity contribution in [2.75, 3.05) is 25.5 Å². The van der Waals surface area contributed by atoms with Crippen molar-refractivity contribution in [3.05, 3.63) is 35.6 Å². The van der Waals surface area contributed by atoms with Crippen LogP contribution in [-0.2, 0) is 9.53 Å². The number of unbranched alkanes of at least 4 members (excludes halogenated alkanes) is 4. The van der Waals surface area contributed by atoms with Gasteiger partial charge in [0.05, 0.1) is 0 Å². The number of anilines is 1. The highest BCUT2D eigenvalue weighted by molar-refractivity contribution is 7.80. The zero-order valence-electron chi connectivity index (χ0n) is 14.7. The summed E-state index contributed by atoms with van der Waals surface area (Å²) in [4.78, 5) is 16.1. The van der Waals surface area contributed by atoms with Gasteiger partial charge in [0.2, 0.25) is 0 Å². The minimum absolute atomic E-state index is 0.132. The monoisotopic (exact) mass is 346 g/mol. The van der Waals surface area contributed by atoms with E-state index < -0.39 is 0 Å². The molecule has 1 aromatic carbocycles. The molecule has 0 aliphatic carbocycles. The fraction of sp³-hybridized carbons (Fsp3) is 0.474. The first-order valence-electron chi connectivity index (χ1n) is 8.55. The maximum absolute atomic E-state index is 12.5. The minimum atomic E-state index is -0.132. The van der Waals surface area contributed by atoms with Gasteiger partial charge in [0.25, 0.3) is 11.1 Å². The lowest BCUT2D eigenvalue weighted by Crippen LogP contribution is -2.29. The number of benzene rings is 1. The van der Waals surface area contributed by atoms with Gasteiger partial charge in [-0.15, -0.1) is 0 Å². The molecule has 1 aliphatic heterocycles. The van der Waals surface area contributed by atoms with E-state index in [2.05, 4.69) is 6.92 Å². The third-order valence-electron chi connectivity index (χ3n) is 4.07. The Hall–Kier alpha value is -1.88. The van der Waals surface area contributed by atoms with Gasteiger partial charge in [-0.2, -0.15) is 0 Å². The highest BCUT2D eigenvalue weighted by Crippen LogP contribution is 2.22. The number of carbonyl (C=O) groups is 1. The van der Waals surface area contributed by atoms with Crippen LogP contribution in [0.25, 0.3) is 6.08 Å². The van der Waals surface area contributed by atoms with Crippen molar-refractivity contribution in [3.8, 4) is 0 Å². The third-order valence-corrected chi connectivity index (χ3v) is 4.37. The summed E-state index contributed by atoms with van der Waals surface area (Å²) in [5, 5.41) is 0.270. The number of hydrogen-bond acceptors (Lipinski definition) is 4. The molecule has 2 rings (SSSR count). The standard InChI is InChI=1S/C19H26N2O2S/c1-4-5-6-7-8-13-21-18(22)17(23-19(21)24)14-15-9-11-16(12-10-15)20(2)3/h9-12,14H,4-8,13H2,1-3H3. The Morgan fingerprint density at radius 2 is 1.79 bits per heavy atom. The van der Waals surface area contributed by atoms with Crippen LogP contribution in [0, 0.1) is 0 Å². The number of nitrogens with zero attached hydrogens (tertiary/aromatic N) is 2. The van der Waals surface area contributed by atoms with E-state index in [1.54, 1.807) is 11.0 Å². The first kappa shape index (κ1) is 18.5. The van der Waals surface area contributed by atoms with Crippen molar-refractivity contribution in [3.63, 3.8) is 0 Å². The van der Waals surface area contributed by atoms with Gasteiger partial charge >= 0.3 is 0 Å². The Labute approximate surface area is 150 Å². The molecule has 1 saturated heterocycles. The quantitative estimate of drug-likeness (QED) is 0.401. The topological polar surface area (TPSA) is 32.8 Å². The van der Waals surface area contributed by atoms with E-state index in [-0.39, 0.29) is 11.1 Å². The van der Waals surface area contributed by atoms with E-state index in [0.29, 0.717) is 12.3 Å². The lowest BCUT2D eigenvalue weighted by atomic mass is 10.1. The molecule has 0 N–H and O–H groups in total. The number of carbonyl (C=O) groups excluding carboxylic acids is 1. The Kier molecular flexibility index (Phi) is 6.79. The molecule has 0 spiro atoms. The molecule has 1 heterocycles. The van der Waals surface area contributed by atoms with Crippen LogP contribution in [0.1, 0.15) is 44.6 Å². The number of ether oxygens (including phenoxy) is 1. The maximum Gasteiger partial charge on any atom is 0.297 e. The van der Waals surface area contributed by atoms with Crippen molar-refractivity contribution in [2.45, 2.75) is 39.0 Å². The minimum Gasteiger partial charge on any atom is -0.426 e. The first-order chi connectivity index (χ1) is 11.5. The fourth-order valence-corrected chi connectivity index (χ4v) is 2.85. The van der Waals surface area contributed by atoms with E-state index >= 15 is 0 Å². The van der Waals surface area contributed by atoms with E-state index in [1.807, 2.05) is 43.3 Å². The molecule has 0 radical (unpaired) electrons. The molecular weight excluding hydrogens is 320 g/mol. The summed E-state index contributed by atoms with van der Waals surface area (Å²) in [6.07, 6.45) is 7.48. The van der Waals surface area contributed by atoms with Gasteiger partial charge in [-0.1, -0.05) is 44.7 Å². The predicted molar refractivity (Wildman–Crippen MR) is 103 cm³/mol. The molecule has 130 valence electrons. The normalized spacial score (nSPS) is 16.0. The lowest BCUT2D eigenvalue weighted by molar-refractivity contribution is -0.122. The molecule has 1 aliphatic rings. The summed E-state index contributed by atoms with van der Waals surface area (Å²) in [6, 6.07) is 7.95. The van der Waals surface area contributed by atoms with Gasteiger partial charge in [-0.05, 0) is 42.4 Å². The Morgan fingerprint density at radius 3 is 2.42 bits per heavy atom. The second-order valence-electron chi connectivity index (χ2n) is 6.23. The van der Waals surface area contributed by atoms with Gasteiger partial charge in [0, 0.05) is 26.3 Å². The van der Waals surface area contributed by atoms with Crippen molar-refractivity contribution in [2.24, 2.45) is 0 Å². The molecule has 4 nitrogen and oxygen atoms in total. The van der Waals surface area contributed by atoms with Gasteiger partial charge in [-0.3, -0.25) is 9.69 Å². The second-order valence-corrected chi connectivity index (χ2v) is 6.58. The number of rotatable bonds is 8. The zero-order chi connectivity index (χ0) is 17.5. The van der Waals surface area contributed by atoms with Crippen LogP contribution in [0.15, 0.2) is 30.0 Å². The Morgan fingerprint density at radius 1 is 1.12 bits per heavy atom. The lowest BCUT2D eigenvalue weighted by Gasteiger charge is -2.12. The molecule has 24 heavy (non-hydrogen) atoms. The molecule has 0 saturated carbocycles. The van der Waals surface area contributed by atoms with Crippen molar-refractivity contribution in [1.29, 1.82) is 0 Å². The zero-order valence-corrected chi connectivity index (χ0v) is 15.6. The molecule has 0 unspecified atom stereocenters. The summed E-state index contributed by atoms with van der Waals surface area (Å²) < 4.78 is 5.50.